The van der Waals surface area contributed by atoms with Crippen molar-refractivity contribution in [1.29, 1.82) is 5.26 Å². The summed E-state index contributed by atoms with van der Waals surface area (Å²) in [5, 5.41) is 22.9. The van der Waals surface area contributed by atoms with Gasteiger partial charge in [0.2, 0.25) is 0 Å². The standard InChI is InChI=1S/C20H22N4O4/c1-20(2,3)28-19(27)24-17-7-5-13(10-21)8-15(17)6-4-14-9-16(12-22-11-14)23-18(25)26/h5,7-9,11-12,23H,4,6H2,1-3H3,(H,24,27)(H,25,26). The van der Waals surface area contributed by atoms with Crippen LogP contribution < -0.4 is 10.6 Å². The topological polar surface area (TPSA) is 124 Å². The van der Waals surface area contributed by atoms with Gasteiger partial charge in [-0.3, -0.25) is 15.6 Å². The Labute approximate surface area is 163 Å². The van der Waals surface area contributed by atoms with Gasteiger partial charge in [-0.05, 0) is 69.0 Å². The van der Waals surface area contributed by atoms with Gasteiger partial charge in [-0.2, -0.15) is 5.26 Å². The molecule has 0 aliphatic heterocycles. The Morgan fingerprint density at radius 2 is 1.93 bits per heavy atom. The van der Waals surface area contributed by atoms with Crippen LogP contribution in [0.4, 0.5) is 21.0 Å². The molecule has 0 bridgehead atoms. The smallest absolute Gasteiger partial charge is 0.412 e. The lowest BCUT2D eigenvalue weighted by molar-refractivity contribution is 0.0635. The average Bonchev–Trinajstić information content (AvgIpc) is 2.59. The molecule has 0 radical (unpaired) electrons. The van der Waals surface area contributed by atoms with Gasteiger partial charge in [0.15, 0.2) is 0 Å². The minimum absolute atomic E-state index is 0.378. The van der Waals surface area contributed by atoms with Crippen molar-refractivity contribution in [3.8, 4) is 6.07 Å². The van der Waals surface area contributed by atoms with Gasteiger partial charge < -0.3 is 9.84 Å². The van der Waals surface area contributed by atoms with Crippen LogP contribution in [0.5, 0.6) is 0 Å². The molecule has 0 fully saturated rings. The Balaban J connectivity index is 2.16. The lowest BCUT2D eigenvalue weighted by atomic mass is 10.0. The lowest BCUT2D eigenvalue weighted by Gasteiger charge is -2.20. The van der Waals surface area contributed by atoms with Gasteiger partial charge in [0, 0.05) is 11.9 Å². The Kier molecular flexibility index (Phi) is 6.55. The number of ether oxygens (including phenoxy) is 1. The van der Waals surface area contributed by atoms with Crippen molar-refractivity contribution in [2.24, 2.45) is 0 Å². The fraction of sp³-hybridized carbons (Fsp3) is 0.300. The first-order valence-electron chi connectivity index (χ1n) is 8.63. The fourth-order valence-corrected chi connectivity index (χ4v) is 2.50. The van der Waals surface area contributed by atoms with Crippen LogP contribution in [-0.2, 0) is 17.6 Å². The number of carboxylic acid groups (broad SMARTS) is 1. The first-order chi connectivity index (χ1) is 13.2. The Morgan fingerprint density at radius 3 is 2.57 bits per heavy atom. The number of aryl methyl sites for hydroxylation is 2. The Bertz CT molecular complexity index is 913. The molecule has 0 unspecified atom stereocenters. The molecular formula is C20H22N4O4. The zero-order chi connectivity index (χ0) is 20.7. The summed E-state index contributed by atoms with van der Waals surface area (Å²) in [4.78, 5) is 26.9. The number of hydrogen-bond donors (Lipinski definition) is 3. The van der Waals surface area contributed by atoms with E-state index in [0.717, 1.165) is 11.1 Å². The number of nitrogens with zero attached hydrogens (tertiary/aromatic N) is 2. The van der Waals surface area contributed by atoms with Gasteiger partial charge in [-0.15, -0.1) is 0 Å². The largest absolute Gasteiger partial charge is 0.465 e. The molecule has 2 aromatic rings. The van der Waals surface area contributed by atoms with Crippen LogP contribution in [0.25, 0.3) is 0 Å². The van der Waals surface area contributed by atoms with Crippen LogP contribution in [0.2, 0.25) is 0 Å². The summed E-state index contributed by atoms with van der Waals surface area (Å²) in [5.41, 5.74) is 2.37. The second kappa shape index (κ2) is 8.86. The second-order valence-electron chi connectivity index (χ2n) is 7.12. The second-order valence-corrected chi connectivity index (χ2v) is 7.12. The highest BCUT2D eigenvalue weighted by Gasteiger charge is 2.17. The molecule has 8 heteroatoms. The van der Waals surface area contributed by atoms with Crippen molar-refractivity contribution in [2.75, 3.05) is 10.6 Å². The first-order valence-corrected chi connectivity index (χ1v) is 8.63. The summed E-state index contributed by atoms with van der Waals surface area (Å²) in [6.45, 7) is 5.33. The highest BCUT2D eigenvalue weighted by Crippen LogP contribution is 2.21. The molecule has 0 aliphatic rings. The number of anilines is 2. The molecule has 2 amide bonds. The third-order valence-corrected chi connectivity index (χ3v) is 3.60. The Morgan fingerprint density at radius 1 is 1.18 bits per heavy atom. The van der Waals surface area contributed by atoms with Gasteiger partial charge >= 0.3 is 12.2 Å². The highest BCUT2D eigenvalue weighted by atomic mass is 16.6. The van der Waals surface area contributed by atoms with Gasteiger partial charge in [0.1, 0.15) is 5.60 Å². The molecule has 1 aromatic heterocycles. The number of pyridine rings is 1. The van der Waals surface area contributed by atoms with Crippen LogP contribution in [0.1, 0.15) is 37.5 Å². The number of aromatic nitrogens is 1. The van der Waals surface area contributed by atoms with Crippen LogP contribution in [0.15, 0.2) is 36.7 Å². The van der Waals surface area contributed by atoms with Crippen molar-refractivity contribution in [3.05, 3.63) is 53.3 Å². The number of rotatable bonds is 5. The van der Waals surface area contributed by atoms with E-state index in [0.29, 0.717) is 29.8 Å². The van der Waals surface area contributed by atoms with Crippen molar-refractivity contribution in [1.82, 2.24) is 4.98 Å². The predicted molar refractivity (Wildman–Crippen MR) is 104 cm³/mol. The van der Waals surface area contributed by atoms with E-state index in [1.165, 1.54) is 6.20 Å². The molecule has 0 saturated carbocycles. The number of benzene rings is 1. The van der Waals surface area contributed by atoms with Crippen molar-refractivity contribution >= 4 is 23.6 Å². The van der Waals surface area contributed by atoms with E-state index in [9.17, 15) is 9.59 Å². The summed E-state index contributed by atoms with van der Waals surface area (Å²) < 4.78 is 5.28. The van der Waals surface area contributed by atoms with Gasteiger partial charge in [0.25, 0.3) is 0 Å². The molecule has 1 aromatic carbocycles. The minimum atomic E-state index is -1.16. The van der Waals surface area contributed by atoms with Crippen LogP contribution in [-0.4, -0.2) is 27.9 Å². The maximum Gasteiger partial charge on any atom is 0.412 e. The van der Waals surface area contributed by atoms with Gasteiger partial charge in [-0.25, -0.2) is 9.59 Å². The molecule has 3 N–H and O–H groups in total. The molecule has 0 aliphatic carbocycles. The van der Waals surface area contributed by atoms with E-state index in [-0.39, 0.29) is 0 Å². The van der Waals surface area contributed by atoms with Crippen molar-refractivity contribution < 1.29 is 19.4 Å². The molecule has 2 rings (SSSR count). The van der Waals surface area contributed by atoms with Crippen LogP contribution in [0.3, 0.4) is 0 Å². The van der Waals surface area contributed by atoms with Crippen LogP contribution in [0, 0.1) is 11.3 Å². The number of nitriles is 1. The predicted octanol–water partition coefficient (Wildman–Crippen LogP) is 4.18. The third-order valence-electron chi connectivity index (χ3n) is 3.60. The molecular weight excluding hydrogens is 360 g/mol. The summed E-state index contributed by atoms with van der Waals surface area (Å²) in [7, 11) is 0. The quantitative estimate of drug-likeness (QED) is 0.713. The molecule has 0 spiro atoms. The number of nitrogens with one attached hydrogen (secondary N) is 2. The van der Waals surface area contributed by atoms with Crippen molar-refractivity contribution in [2.45, 2.75) is 39.2 Å². The summed E-state index contributed by atoms with van der Waals surface area (Å²) in [6, 6.07) is 8.77. The van der Waals surface area contributed by atoms with E-state index < -0.39 is 17.8 Å². The van der Waals surface area contributed by atoms with Crippen molar-refractivity contribution in [3.63, 3.8) is 0 Å². The van der Waals surface area contributed by atoms with E-state index in [4.69, 9.17) is 15.1 Å². The average molecular weight is 382 g/mol. The minimum Gasteiger partial charge on any atom is -0.465 e. The fourth-order valence-electron chi connectivity index (χ4n) is 2.50. The van der Waals surface area contributed by atoms with Crippen LogP contribution >= 0.6 is 0 Å². The number of amides is 2. The maximum absolute atomic E-state index is 12.1. The lowest BCUT2D eigenvalue weighted by Crippen LogP contribution is -2.27. The normalized spacial score (nSPS) is 10.6. The summed E-state index contributed by atoms with van der Waals surface area (Å²) in [6.07, 6.45) is 2.38. The number of carbonyl (C=O) groups excluding carboxylic acids is 1. The van der Waals surface area contributed by atoms with Gasteiger partial charge in [0.05, 0.1) is 23.5 Å². The van der Waals surface area contributed by atoms with E-state index in [2.05, 4.69) is 21.7 Å². The Hall–Kier alpha value is -3.60. The highest BCUT2D eigenvalue weighted by molar-refractivity contribution is 5.86. The molecule has 146 valence electrons. The number of hydrogen-bond acceptors (Lipinski definition) is 5. The third kappa shape index (κ3) is 6.61. The maximum atomic E-state index is 12.1. The number of carbonyl (C=O) groups is 2. The zero-order valence-corrected chi connectivity index (χ0v) is 15.9. The first kappa shape index (κ1) is 20.7. The van der Waals surface area contributed by atoms with E-state index in [1.54, 1.807) is 51.2 Å². The molecule has 1 heterocycles. The van der Waals surface area contributed by atoms with E-state index in [1.807, 2.05) is 0 Å². The SMILES string of the molecule is CC(C)(C)OC(=O)Nc1ccc(C#N)cc1CCc1cncc(NC(=O)O)c1. The monoisotopic (exact) mass is 382 g/mol. The molecule has 0 saturated heterocycles. The summed E-state index contributed by atoms with van der Waals surface area (Å²) >= 11 is 0. The molecule has 0 atom stereocenters. The zero-order valence-electron chi connectivity index (χ0n) is 15.9. The molecule has 28 heavy (non-hydrogen) atoms. The van der Waals surface area contributed by atoms with E-state index >= 15 is 0 Å². The molecule has 8 nitrogen and oxygen atoms in total. The van der Waals surface area contributed by atoms with Gasteiger partial charge in [-0.1, -0.05) is 0 Å². The summed E-state index contributed by atoms with van der Waals surface area (Å²) in [5.74, 6) is 0.